The van der Waals surface area contributed by atoms with E-state index in [-0.39, 0.29) is 0 Å². The standard InChI is InChI=1S/C7H5NO.C2H2O4/c1-2-7-6(8-4-1)3-5-9-7;3-1(4)2(5)6/h1-5H;(H,3,4)(H,5,6). The van der Waals surface area contributed by atoms with Crippen molar-refractivity contribution in [2.75, 3.05) is 0 Å². The first-order valence-corrected chi connectivity index (χ1v) is 3.85. The Hall–Kier alpha value is -2.37. The van der Waals surface area contributed by atoms with Crippen molar-refractivity contribution >= 4 is 23.0 Å². The maximum atomic E-state index is 9.10. The first-order valence-electron chi connectivity index (χ1n) is 3.85. The van der Waals surface area contributed by atoms with Gasteiger partial charge in [-0.2, -0.15) is 0 Å². The van der Waals surface area contributed by atoms with Gasteiger partial charge in [0.15, 0.2) is 5.58 Å². The van der Waals surface area contributed by atoms with Crippen LogP contribution in [0.1, 0.15) is 0 Å². The van der Waals surface area contributed by atoms with E-state index in [1.165, 1.54) is 0 Å². The molecule has 6 nitrogen and oxygen atoms in total. The Morgan fingerprint density at radius 3 is 2.40 bits per heavy atom. The van der Waals surface area contributed by atoms with Crippen LogP contribution in [-0.4, -0.2) is 27.1 Å². The third-order valence-corrected chi connectivity index (χ3v) is 1.40. The molecule has 15 heavy (non-hydrogen) atoms. The van der Waals surface area contributed by atoms with E-state index < -0.39 is 11.9 Å². The lowest BCUT2D eigenvalue weighted by Crippen LogP contribution is -2.09. The van der Waals surface area contributed by atoms with Crippen molar-refractivity contribution in [3.05, 3.63) is 30.7 Å². The summed E-state index contributed by atoms with van der Waals surface area (Å²) in [6, 6.07) is 5.59. The number of carboxylic acid groups (broad SMARTS) is 2. The van der Waals surface area contributed by atoms with Crippen molar-refractivity contribution in [1.82, 2.24) is 4.98 Å². The maximum absolute atomic E-state index is 9.10. The van der Waals surface area contributed by atoms with E-state index in [1.54, 1.807) is 12.5 Å². The van der Waals surface area contributed by atoms with Gasteiger partial charge in [-0.05, 0) is 12.1 Å². The SMILES string of the molecule is O=C(O)C(=O)O.c1cnc2ccoc2c1. The number of aliphatic carboxylic acids is 2. The van der Waals surface area contributed by atoms with Crippen LogP contribution in [0.2, 0.25) is 0 Å². The van der Waals surface area contributed by atoms with E-state index in [2.05, 4.69) is 4.98 Å². The average molecular weight is 209 g/mol. The highest BCUT2D eigenvalue weighted by Gasteiger charge is 2.04. The van der Waals surface area contributed by atoms with Crippen LogP contribution < -0.4 is 0 Å². The Bertz CT molecular complexity index is 434. The molecule has 0 unspecified atom stereocenters. The molecule has 2 aromatic heterocycles. The molecule has 0 spiro atoms. The molecule has 0 amide bonds. The minimum atomic E-state index is -1.82. The zero-order valence-electron chi connectivity index (χ0n) is 7.45. The second-order valence-corrected chi connectivity index (χ2v) is 2.42. The van der Waals surface area contributed by atoms with Gasteiger partial charge in [0.05, 0.1) is 6.26 Å². The molecule has 0 aliphatic rings. The summed E-state index contributed by atoms with van der Waals surface area (Å²) in [4.78, 5) is 22.2. The quantitative estimate of drug-likeness (QED) is 0.627. The zero-order chi connectivity index (χ0) is 11.3. The minimum absolute atomic E-state index is 0.845. The lowest BCUT2D eigenvalue weighted by Gasteiger charge is -1.80. The predicted octanol–water partition coefficient (Wildman–Crippen LogP) is 0.983. The van der Waals surface area contributed by atoms with E-state index in [4.69, 9.17) is 24.2 Å². The molecule has 2 N–H and O–H groups in total. The molecule has 0 saturated carbocycles. The molecule has 0 aliphatic heterocycles. The third-order valence-electron chi connectivity index (χ3n) is 1.40. The van der Waals surface area contributed by atoms with Crippen LogP contribution >= 0.6 is 0 Å². The third kappa shape index (κ3) is 3.11. The van der Waals surface area contributed by atoms with Crippen molar-refractivity contribution in [3.63, 3.8) is 0 Å². The molecule has 0 atom stereocenters. The highest BCUT2D eigenvalue weighted by molar-refractivity contribution is 6.27. The number of pyridine rings is 1. The highest BCUT2D eigenvalue weighted by Crippen LogP contribution is 2.09. The second kappa shape index (κ2) is 4.75. The molecule has 2 heterocycles. The summed E-state index contributed by atoms with van der Waals surface area (Å²) < 4.78 is 5.06. The fourth-order valence-corrected chi connectivity index (χ4v) is 0.799. The van der Waals surface area contributed by atoms with Crippen LogP contribution in [0.15, 0.2) is 35.1 Å². The van der Waals surface area contributed by atoms with Gasteiger partial charge in [-0.25, -0.2) is 9.59 Å². The molecular weight excluding hydrogens is 202 g/mol. The topological polar surface area (TPSA) is 101 Å². The van der Waals surface area contributed by atoms with Gasteiger partial charge in [0.25, 0.3) is 0 Å². The number of carbonyl (C=O) groups is 2. The molecule has 0 aliphatic carbocycles. The van der Waals surface area contributed by atoms with Gasteiger partial charge >= 0.3 is 11.9 Å². The van der Waals surface area contributed by atoms with Crippen molar-refractivity contribution in [3.8, 4) is 0 Å². The molecule has 0 aromatic carbocycles. The normalized spacial score (nSPS) is 9.07. The van der Waals surface area contributed by atoms with Gasteiger partial charge in [-0.3, -0.25) is 4.98 Å². The summed E-state index contributed by atoms with van der Waals surface area (Å²) in [6.07, 6.45) is 3.38. The highest BCUT2D eigenvalue weighted by atomic mass is 16.4. The monoisotopic (exact) mass is 209 g/mol. The summed E-state index contributed by atoms with van der Waals surface area (Å²) in [6.45, 7) is 0. The van der Waals surface area contributed by atoms with Gasteiger partial charge < -0.3 is 14.6 Å². The van der Waals surface area contributed by atoms with Crippen LogP contribution in [-0.2, 0) is 9.59 Å². The molecule has 6 heteroatoms. The number of hydrogen-bond donors (Lipinski definition) is 2. The maximum Gasteiger partial charge on any atom is 0.414 e. The molecule has 0 fully saturated rings. The number of furan rings is 1. The zero-order valence-corrected chi connectivity index (χ0v) is 7.45. The average Bonchev–Trinajstić information content (AvgIpc) is 2.66. The van der Waals surface area contributed by atoms with Crippen molar-refractivity contribution < 1.29 is 24.2 Å². The van der Waals surface area contributed by atoms with Crippen LogP contribution in [0.5, 0.6) is 0 Å². The molecule has 0 saturated heterocycles. The largest absolute Gasteiger partial charge is 0.473 e. The number of aromatic nitrogens is 1. The smallest absolute Gasteiger partial charge is 0.414 e. The molecular formula is C9H7NO5. The molecule has 0 radical (unpaired) electrons. The van der Waals surface area contributed by atoms with E-state index in [9.17, 15) is 0 Å². The van der Waals surface area contributed by atoms with E-state index >= 15 is 0 Å². The summed E-state index contributed by atoms with van der Waals surface area (Å²) >= 11 is 0. The van der Waals surface area contributed by atoms with E-state index in [0.29, 0.717) is 0 Å². The molecule has 0 bridgehead atoms. The minimum Gasteiger partial charge on any atom is -0.473 e. The number of rotatable bonds is 0. The summed E-state index contributed by atoms with van der Waals surface area (Å²) in [5.74, 6) is -3.65. The lowest BCUT2D eigenvalue weighted by molar-refractivity contribution is -0.159. The van der Waals surface area contributed by atoms with Crippen molar-refractivity contribution in [2.45, 2.75) is 0 Å². The Morgan fingerprint density at radius 1 is 1.20 bits per heavy atom. The molecule has 2 aromatic rings. The number of carboxylic acids is 2. The lowest BCUT2D eigenvalue weighted by atomic mass is 10.4. The van der Waals surface area contributed by atoms with Gasteiger partial charge in [-0.15, -0.1) is 0 Å². The van der Waals surface area contributed by atoms with Gasteiger partial charge in [0.1, 0.15) is 5.52 Å². The van der Waals surface area contributed by atoms with Crippen LogP contribution in [0, 0.1) is 0 Å². The van der Waals surface area contributed by atoms with Crippen molar-refractivity contribution in [1.29, 1.82) is 0 Å². The predicted molar refractivity (Wildman–Crippen MR) is 49.3 cm³/mol. The Morgan fingerprint density at radius 2 is 1.87 bits per heavy atom. The van der Waals surface area contributed by atoms with Crippen LogP contribution in [0.4, 0.5) is 0 Å². The Labute approximate surface area is 83.8 Å². The summed E-state index contributed by atoms with van der Waals surface area (Å²) in [5, 5.41) is 14.8. The Kier molecular flexibility index (Phi) is 3.39. The number of nitrogens with zero attached hydrogens (tertiary/aromatic N) is 1. The number of hydrogen-bond acceptors (Lipinski definition) is 4. The first kappa shape index (κ1) is 10.7. The summed E-state index contributed by atoms with van der Waals surface area (Å²) in [7, 11) is 0. The van der Waals surface area contributed by atoms with Crippen LogP contribution in [0.3, 0.4) is 0 Å². The first-order chi connectivity index (χ1) is 7.11. The van der Waals surface area contributed by atoms with Gasteiger partial charge in [0.2, 0.25) is 0 Å². The van der Waals surface area contributed by atoms with E-state index in [0.717, 1.165) is 11.1 Å². The summed E-state index contributed by atoms with van der Waals surface area (Å²) in [5.41, 5.74) is 1.76. The number of fused-ring (bicyclic) bond motifs is 1. The fourth-order valence-electron chi connectivity index (χ4n) is 0.799. The van der Waals surface area contributed by atoms with Crippen LogP contribution in [0.25, 0.3) is 11.1 Å². The van der Waals surface area contributed by atoms with Gasteiger partial charge in [0, 0.05) is 12.3 Å². The van der Waals surface area contributed by atoms with Crippen molar-refractivity contribution in [2.24, 2.45) is 0 Å². The Balaban J connectivity index is 0.000000167. The molecule has 2 rings (SSSR count). The fraction of sp³-hybridized carbons (Fsp3) is 0. The van der Waals surface area contributed by atoms with E-state index in [1.807, 2.05) is 18.2 Å². The van der Waals surface area contributed by atoms with Gasteiger partial charge in [-0.1, -0.05) is 0 Å². The molecule has 78 valence electrons. The second-order valence-electron chi connectivity index (χ2n) is 2.42.